The summed E-state index contributed by atoms with van der Waals surface area (Å²) in [6, 6.07) is 9.50. The fraction of sp³-hybridized carbons (Fsp3) is 0.517. The minimum Gasteiger partial charge on any atom is -0.477 e. The van der Waals surface area contributed by atoms with Crippen molar-refractivity contribution in [1.82, 2.24) is 24.5 Å². The maximum absolute atomic E-state index is 13.6. The van der Waals surface area contributed by atoms with Gasteiger partial charge >= 0.3 is 6.18 Å². The number of carbonyl (C=O) groups is 1. The summed E-state index contributed by atoms with van der Waals surface area (Å²) in [7, 11) is -3.80. The number of nitrogens with one attached hydrogen (secondary N) is 3. The molecule has 1 saturated carbocycles. The number of fused-ring (bicyclic) bond motifs is 6. The summed E-state index contributed by atoms with van der Waals surface area (Å²) in [4.78, 5) is 24.8. The van der Waals surface area contributed by atoms with Crippen LogP contribution < -0.4 is 19.7 Å². The van der Waals surface area contributed by atoms with Crippen LogP contribution in [0, 0.1) is 16.1 Å². The molecule has 0 aromatic carbocycles. The molecule has 0 spiro atoms. The van der Waals surface area contributed by atoms with E-state index >= 15 is 0 Å². The third-order valence-electron chi connectivity index (χ3n) is 8.75. The fourth-order valence-electron chi connectivity index (χ4n) is 6.11. The van der Waals surface area contributed by atoms with Crippen LogP contribution in [0.4, 0.5) is 24.8 Å². The third kappa shape index (κ3) is 5.93. The molecular weight excluding hydrogens is 597 g/mol. The first-order valence-electron chi connectivity index (χ1n) is 14.6. The number of anilines is 2. The molecule has 11 nitrogen and oxygen atoms in total. The molecule has 2 fully saturated rings. The second-order valence-electron chi connectivity index (χ2n) is 12.4. The highest BCUT2D eigenvalue weighted by atomic mass is 32.2. The molecule has 236 valence electrons. The summed E-state index contributed by atoms with van der Waals surface area (Å²) in [6.07, 6.45) is 0.110. The molecule has 3 aromatic rings. The molecule has 1 amide bonds. The van der Waals surface area contributed by atoms with Crippen molar-refractivity contribution in [2.45, 2.75) is 69.1 Å². The van der Waals surface area contributed by atoms with Gasteiger partial charge in [0.15, 0.2) is 20.8 Å². The number of ether oxygens (including phenoxy) is 1. The second-order valence-corrected chi connectivity index (χ2v) is 14.2. The van der Waals surface area contributed by atoms with Crippen LogP contribution in [0.2, 0.25) is 0 Å². The lowest BCUT2D eigenvalue weighted by atomic mass is 9.93. The summed E-state index contributed by atoms with van der Waals surface area (Å²) in [5.74, 6) is 0.976. The van der Waals surface area contributed by atoms with E-state index in [-0.39, 0.29) is 47.9 Å². The summed E-state index contributed by atoms with van der Waals surface area (Å²) >= 11 is 0. The van der Waals surface area contributed by atoms with E-state index in [1.165, 1.54) is 10.7 Å². The van der Waals surface area contributed by atoms with Crippen molar-refractivity contribution < 1.29 is 26.9 Å². The molecule has 4 bridgehead atoms. The van der Waals surface area contributed by atoms with Gasteiger partial charge in [-0.25, -0.2) is 23.6 Å². The number of alkyl halides is 3. The Morgan fingerprint density at radius 1 is 1.16 bits per heavy atom. The van der Waals surface area contributed by atoms with Crippen molar-refractivity contribution in [2.75, 3.05) is 29.9 Å². The van der Waals surface area contributed by atoms with Crippen LogP contribution in [0.25, 0.3) is 5.82 Å². The highest BCUT2D eigenvalue weighted by molar-refractivity contribution is 7.91. The van der Waals surface area contributed by atoms with E-state index in [1.807, 2.05) is 0 Å². The minimum absolute atomic E-state index is 0.0640. The second kappa shape index (κ2) is 10.9. The van der Waals surface area contributed by atoms with Gasteiger partial charge < -0.3 is 15.0 Å². The number of nitrogens with zero attached hydrogens (tertiary/aromatic N) is 5. The minimum atomic E-state index is -4.24. The predicted molar refractivity (Wildman–Crippen MR) is 157 cm³/mol. The van der Waals surface area contributed by atoms with E-state index in [0.717, 1.165) is 19.3 Å². The van der Waals surface area contributed by atoms with Crippen LogP contribution in [0.1, 0.15) is 62.7 Å². The molecule has 3 aliphatic rings. The van der Waals surface area contributed by atoms with Crippen molar-refractivity contribution in [3.63, 3.8) is 0 Å². The van der Waals surface area contributed by atoms with Crippen LogP contribution in [0.5, 0.6) is 5.88 Å². The van der Waals surface area contributed by atoms with Crippen LogP contribution in [0.15, 0.2) is 47.6 Å². The van der Waals surface area contributed by atoms with Gasteiger partial charge in [0.1, 0.15) is 11.6 Å². The van der Waals surface area contributed by atoms with Crippen molar-refractivity contribution in [2.24, 2.45) is 11.3 Å². The molecule has 1 unspecified atom stereocenters. The zero-order valence-electron chi connectivity index (χ0n) is 24.5. The van der Waals surface area contributed by atoms with Gasteiger partial charge in [-0.3, -0.25) is 9.52 Å². The van der Waals surface area contributed by atoms with Gasteiger partial charge in [-0.15, -0.1) is 5.10 Å². The highest BCUT2D eigenvalue weighted by Crippen LogP contribution is 2.59. The van der Waals surface area contributed by atoms with Crippen LogP contribution >= 0.6 is 0 Å². The quantitative estimate of drug-likeness (QED) is 0.343. The van der Waals surface area contributed by atoms with Gasteiger partial charge in [0, 0.05) is 30.9 Å². The first-order valence-corrected chi connectivity index (χ1v) is 16.2. The van der Waals surface area contributed by atoms with E-state index in [4.69, 9.17) is 14.5 Å². The Bertz CT molecular complexity index is 1670. The maximum Gasteiger partial charge on any atom is 0.394 e. The molecule has 3 aromatic heterocycles. The number of pyridine rings is 2. The van der Waals surface area contributed by atoms with Crippen LogP contribution in [0.3, 0.4) is 0 Å². The molecule has 5 heterocycles. The lowest BCUT2D eigenvalue weighted by molar-refractivity contribution is -0.190. The Morgan fingerprint density at radius 2 is 1.95 bits per heavy atom. The van der Waals surface area contributed by atoms with Gasteiger partial charge in [-0.05, 0) is 82.6 Å². The number of hydrogen-bond acceptors (Lipinski definition) is 9. The number of hydrogen-bond donors (Lipinski definition) is 3. The van der Waals surface area contributed by atoms with Crippen molar-refractivity contribution in [1.29, 1.82) is 4.78 Å². The standard InChI is InChI=1S/C29H35F3N8O3S/c1-27(2)17-19-5-4-14-34-21-6-3-7-24(35-21)44(33,42)38-26(41)20-8-9-22(36-25(20)39(27)18-19)40-15-10-23(37-40)43-16-13-28(11-12-28)29(30,31)32/h3,6-10,15,19H,4-5,11-14,16-18H2,1-2H3,(H,34,35)(H2,33,38,41,42)/t19-,44?/m1/s1. The number of halogens is 3. The summed E-state index contributed by atoms with van der Waals surface area (Å²) in [5.41, 5.74) is -1.87. The monoisotopic (exact) mass is 632 g/mol. The zero-order chi connectivity index (χ0) is 31.3. The zero-order valence-corrected chi connectivity index (χ0v) is 25.3. The van der Waals surface area contributed by atoms with Gasteiger partial charge in [-0.1, -0.05) is 6.07 Å². The topological polar surface area (TPSA) is 138 Å². The van der Waals surface area contributed by atoms with Crippen LogP contribution in [-0.2, 0) is 9.92 Å². The van der Waals surface area contributed by atoms with E-state index in [0.29, 0.717) is 36.5 Å². The van der Waals surface area contributed by atoms with E-state index in [9.17, 15) is 22.2 Å². The molecule has 6 rings (SSSR count). The molecule has 2 aliphatic heterocycles. The Hall–Kier alpha value is -3.88. The molecular formula is C29H35F3N8O3S. The van der Waals surface area contributed by atoms with Gasteiger partial charge in [0.05, 0.1) is 17.6 Å². The number of aromatic nitrogens is 4. The van der Waals surface area contributed by atoms with E-state index < -0.39 is 27.4 Å². The average molecular weight is 633 g/mol. The molecule has 1 saturated heterocycles. The largest absolute Gasteiger partial charge is 0.477 e. The van der Waals surface area contributed by atoms with E-state index in [2.05, 4.69) is 38.9 Å². The van der Waals surface area contributed by atoms with Gasteiger partial charge in [-0.2, -0.15) is 13.2 Å². The van der Waals surface area contributed by atoms with Gasteiger partial charge in [0.25, 0.3) is 5.91 Å². The van der Waals surface area contributed by atoms with Crippen molar-refractivity contribution in [3.05, 3.63) is 48.2 Å². The predicted octanol–water partition coefficient (Wildman–Crippen LogP) is 5.33. The maximum atomic E-state index is 13.6. The lowest BCUT2D eigenvalue weighted by Crippen LogP contribution is -2.41. The normalized spacial score (nSPS) is 24.3. The fourth-order valence-corrected chi connectivity index (χ4v) is 7.08. The summed E-state index contributed by atoms with van der Waals surface area (Å²) in [5, 5.41) is 7.53. The summed E-state index contributed by atoms with van der Waals surface area (Å²) in [6.45, 7) is 5.34. The first kappa shape index (κ1) is 30.2. The molecule has 44 heavy (non-hydrogen) atoms. The highest BCUT2D eigenvalue weighted by Gasteiger charge is 2.62. The Balaban J connectivity index is 1.30. The third-order valence-corrected chi connectivity index (χ3v) is 10.0. The first-order chi connectivity index (χ1) is 20.8. The van der Waals surface area contributed by atoms with Crippen molar-refractivity contribution >= 4 is 27.5 Å². The lowest BCUT2D eigenvalue weighted by Gasteiger charge is -2.34. The molecule has 2 atom stereocenters. The molecule has 3 N–H and O–H groups in total. The number of amides is 1. The number of rotatable bonds is 5. The number of carbonyl (C=O) groups excluding carboxylic acids is 1. The smallest absolute Gasteiger partial charge is 0.394 e. The SMILES string of the molecule is CC1(C)C[C@H]2CCCNc3cccc(n3)S(=N)(=O)NC(=O)c3ccc(-n4ccc(OCCC5(C(F)(F)F)CC5)n4)nc3N1C2. The van der Waals surface area contributed by atoms with Crippen LogP contribution in [-0.4, -0.2) is 61.3 Å². The van der Waals surface area contributed by atoms with E-state index in [1.54, 1.807) is 36.5 Å². The van der Waals surface area contributed by atoms with Gasteiger partial charge in [0.2, 0.25) is 5.88 Å². The molecule has 0 radical (unpaired) electrons. The van der Waals surface area contributed by atoms with Crippen molar-refractivity contribution in [3.8, 4) is 11.7 Å². The molecule has 15 heteroatoms. The Kier molecular flexibility index (Phi) is 7.49. The average Bonchev–Trinajstić information content (AvgIpc) is 3.51. The molecule has 1 aliphatic carbocycles. The summed E-state index contributed by atoms with van der Waals surface area (Å²) < 4.78 is 71.0. The Morgan fingerprint density at radius 3 is 2.70 bits per heavy atom. The Labute approximate surface area is 253 Å².